The Morgan fingerprint density at radius 2 is 1.89 bits per heavy atom. The van der Waals surface area contributed by atoms with Gasteiger partial charge in [0.1, 0.15) is 11.3 Å². The first-order valence-corrected chi connectivity index (χ1v) is 9.20. The first kappa shape index (κ1) is 19.2. The van der Waals surface area contributed by atoms with Gasteiger partial charge in [0.15, 0.2) is 0 Å². The van der Waals surface area contributed by atoms with Gasteiger partial charge in [0.05, 0.1) is 18.8 Å². The van der Waals surface area contributed by atoms with Crippen molar-refractivity contribution >= 4 is 11.8 Å². The summed E-state index contributed by atoms with van der Waals surface area (Å²) < 4.78 is 12.9. The molecule has 6 nitrogen and oxygen atoms in total. The average molecular weight is 370 g/mol. The number of hydrogen-bond donors (Lipinski definition) is 1. The van der Waals surface area contributed by atoms with E-state index in [4.69, 9.17) is 9.47 Å². The third-order valence-corrected chi connectivity index (χ3v) is 4.45. The molecule has 2 atom stereocenters. The number of pyridine rings is 1. The van der Waals surface area contributed by atoms with Crippen molar-refractivity contribution in [3.8, 4) is 0 Å². The molecule has 1 amide bonds. The topological polar surface area (TPSA) is 69.6 Å². The fraction of sp³-hybridized carbons (Fsp3) is 0.429. The van der Waals surface area contributed by atoms with Crippen molar-refractivity contribution < 1.29 is 14.3 Å². The van der Waals surface area contributed by atoms with E-state index < -0.39 is 11.7 Å². The normalized spacial score (nSPS) is 19.2. The highest BCUT2D eigenvalue weighted by Crippen LogP contribution is 2.34. The van der Waals surface area contributed by atoms with Gasteiger partial charge in [-0.25, -0.2) is 4.79 Å². The number of benzene rings is 1. The second kappa shape index (κ2) is 7.96. The standard InChI is InChI=1S/C21H26N2O4/c1-21(2,3)27-20(25)22-16-10-7-13-23(19(16)24)17-11-12-18(17)26-14-15-8-5-4-6-9-15/h4-10,13,17-18H,11-12,14H2,1-3H3,(H,22,25)/t17-,18+/m0/s1. The van der Waals surface area contributed by atoms with Crippen LogP contribution in [0.25, 0.3) is 0 Å². The molecule has 1 aromatic carbocycles. The predicted octanol–water partition coefficient (Wildman–Crippen LogP) is 4.12. The fourth-order valence-electron chi connectivity index (χ4n) is 3.02. The zero-order chi connectivity index (χ0) is 19.4. The molecule has 1 heterocycles. The Bertz CT molecular complexity index is 839. The molecule has 3 rings (SSSR count). The summed E-state index contributed by atoms with van der Waals surface area (Å²) in [6.07, 6.45) is 2.87. The van der Waals surface area contributed by atoms with Gasteiger partial charge in [-0.1, -0.05) is 30.3 Å². The minimum atomic E-state index is -0.636. The molecule has 0 bridgehead atoms. The summed E-state index contributed by atoms with van der Waals surface area (Å²) >= 11 is 0. The summed E-state index contributed by atoms with van der Waals surface area (Å²) in [7, 11) is 0. The zero-order valence-corrected chi connectivity index (χ0v) is 16.0. The van der Waals surface area contributed by atoms with Crippen LogP contribution in [-0.2, 0) is 16.1 Å². The van der Waals surface area contributed by atoms with Gasteiger partial charge >= 0.3 is 6.09 Å². The highest BCUT2D eigenvalue weighted by Gasteiger charge is 2.34. The van der Waals surface area contributed by atoms with Crippen LogP contribution in [0, 0.1) is 0 Å². The molecule has 0 unspecified atom stereocenters. The Hall–Kier alpha value is -2.60. The highest BCUT2D eigenvalue weighted by atomic mass is 16.6. The third kappa shape index (κ3) is 4.98. The van der Waals surface area contributed by atoms with Crippen LogP contribution in [0.15, 0.2) is 53.5 Å². The molecule has 0 radical (unpaired) electrons. The number of rotatable bonds is 5. The van der Waals surface area contributed by atoms with Crippen molar-refractivity contribution in [2.24, 2.45) is 0 Å². The SMILES string of the molecule is CC(C)(C)OC(=O)Nc1cccn([C@H]2CC[C@H]2OCc2ccccc2)c1=O. The minimum absolute atomic E-state index is 0.0142. The molecule has 1 fully saturated rings. The molecule has 0 aliphatic heterocycles. The Kier molecular flexibility index (Phi) is 5.65. The number of carbonyl (C=O) groups excluding carboxylic acids is 1. The van der Waals surface area contributed by atoms with Gasteiger partial charge in [-0.3, -0.25) is 10.1 Å². The molecular weight excluding hydrogens is 344 g/mol. The Balaban J connectivity index is 1.66. The summed E-state index contributed by atoms with van der Waals surface area (Å²) in [4.78, 5) is 24.7. The summed E-state index contributed by atoms with van der Waals surface area (Å²) in [6, 6.07) is 13.3. The Morgan fingerprint density at radius 3 is 2.52 bits per heavy atom. The molecule has 2 aromatic rings. The molecule has 6 heteroatoms. The van der Waals surface area contributed by atoms with Gasteiger partial charge in [-0.2, -0.15) is 0 Å². The maximum atomic E-state index is 12.8. The molecule has 0 spiro atoms. The third-order valence-electron chi connectivity index (χ3n) is 4.45. The zero-order valence-electron chi connectivity index (χ0n) is 16.0. The average Bonchev–Trinajstić information content (AvgIpc) is 2.57. The predicted molar refractivity (Wildman–Crippen MR) is 104 cm³/mol. The van der Waals surface area contributed by atoms with Gasteiger partial charge in [-0.15, -0.1) is 0 Å². The molecule has 1 saturated carbocycles. The van der Waals surface area contributed by atoms with Crippen molar-refractivity contribution in [2.75, 3.05) is 5.32 Å². The molecule has 1 aromatic heterocycles. The van der Waals surface area contributed by atoms with Gasteiger partial charge in [0, 0.05) is 6.20 Å². The van der Waals surface area contributed by atoms with Crippen LogP contribution in [0.5, 0.6) is 0 Å². The largest absolute Gasteiger partial charge is 0.444 e. The molecule has 1 aliphatic rings. The quantitative estimate of drug-likeness (QED) is 0.860. The number of amides is 1. The van der Waals surface area contributed by atoms with E-state index in [0.717, 1.165) is 18.4 Å². The number of hydrogen-bond acceptors (Lipinski definition) is 4. The fourth-order valence-corrected chi connectivity index (χ4v) is 3.02. The van der Waals surface area contributed by atoms with Crippen molar-refractivity contribution in [1.82, 2.24) is 4.57 Å². The lowest BCUT2D eigenvalue weighted by molar-refractivity contribution is -0.0502. The van der Waals surface area contributed by atoms with Gasteiger partial charge in [0.25, 0.3) is 5.56 Å². The van der Waals surface area contributed by atoms with E-state index in [1.54, 1.807) is 43.7 Å². The second-order valence-corrected chi connectivity index (χ2v) is 7.74. The molecule has 1 aliphatic carbocycles. The van der Waals surface area contributed by atoms with Crippen molar-refractivity contribution in [2.45, 2.75) is 58.0 Å². The molecule has 27 heavy (non-hydrogen) atoms. The maximum absolute atomic E-state index is 12.8. The van der Waals surface area contributed by atoms with E-state index in [0.29, 0.717) is 6.61 Å². The maximum Gasteiger partial charge on any atom is 0.412 e. The van der Waals surface area contributed by atoms with Crippen LogP contribution < -0.4 is 10.9 Å². The van der Waals surface area contributed by atoms with E-state index in [1.165, 1.54) is 0 Å². The molecule has 0 saturated heterocycles. The lowest BCUT2D eigenvalue weighted by atomic mass is 9.88. The smallest absolute Gasteiger partial charge is 0.412 e. The minimum Gasteiger partial charge on any atom is -0.444 e. The van der Waals surface area contributed by atoms with E-state index >= 15 is 0 Å². The lowest BCUT2D eigenvalue weighted by Gasteiger charge is -2.37. The van der Waals surface area contributed by atoms with Crippen LogP contribution in [0.4, 0.5) is 10.5 Å². The lowest BCUT2D eigenvalue weighted by Crippen LogP contribution is -2.41. The van der Waals surface area contributed by atoms with E-state index in [-0.39, 0.29) is 23.4 Å². The number of nitrogens with one attached hydrogen (secondary N) is 1. The highest BCUT2D eigenvalue weighted by molar-refractivity contribution is 5.84. The number of carbonyl (C=O) groups is 1. The number of anilines is 1. The van der Waals surface area contributed by atoms with Crippen molar-refractivity contribution in [1.29, 1.82) is 0 Å². The Labute approximate surface area is 159 Å². The molecule has 144 valence electrons. The summed E-state index contributed by atoms with van der Waals surface area (Å²) in [5, 5.41) is 2.55. The van der Waals surface area contributed by atoms with Crippen LogP contribution in [0.2, 0.25) is 0 Å². The molecular formula is C21H26N2O4. The van der Waals surface area contributed by atoms with E-state index in [2.05, 4.69) is 5.32 Å². The van der Waals surface area contributed by atoms with Crippen LogP contribution in [0.1, 0.15) is 45.2 Å². The van der Waals surface area contributed by atoms with Crippen LogP contribution in [0.3, 0.4) is 0 Å². The van der Waals surface area contributed by atoms with E-state index in [9.17, 15) is 9.59 Å². The number of nitrogens with zero attached hydrogens (tertiary/aromatic N) is 1. The first-order valence-electron chi connectivity index (χ1n) is 9.20. The summed E-state index contributed by atoms with van der Waals surface area (Å²) in [5.74, 6) is 0. The van der Waals surface area contributed by atoms with Gasteiger partial charge in [0.2, 0.25) is 0 Å². The van der Waals surface area contributed by atoms with Crippen molar-refractivity contribution in [3.63, 3.8) is 0 Å². The van der Waals surface area contributed by atoms with Gasteiger partial charge in [-0.05, 0) is 51.3 Å². The van der Waals surface area contributed by atoms with Gasteiger partial charge < -0.3 is 14.0 Å². The van der Waals surface area contributed by atoms with Crippen LogP contribution >= 0.6 is 0 Å². The summed E-state index contributed by atoms with van der Waals surface area (Å²) in [5.41, 5.74) is 0.444. The monoisotopic (exact) mass is 370 g/mol. The van der Waals surface area contributed by atoms with E-state index in [1.807, 2.05) is 30.3 Å². The van der Waals surface area contributed by atoms with Crippen LogP contribution in [-0.4, -0.2) is 22.4 Å². The second-order valence-electron chi connectivity index (χ2n) is 7.74. The molecule has 1 N–H and O–H groups in total. The summed E-state index contributed by atoms with van der Waals surface area (Å²) in [6.45, 7) is 5.85. The number of ether oxygens (including phenoxy) is 2. The number of aromatic nitrogens is 1. The Morgan fingerprint density at radius 1 is 1.15 bits per heavy atom. The van der Waals surface area contributed by atoms with Crippen molar-refractivity contribution in [3.05, 3.63) is 64.6 Å². The first-order chi connectivity index (χ1) is 12.8.